The van der Waals surface area contributed by atoms with Crippen molar-refractivity contribution in [2.45, 2.75) is 38.6 Å². The number of carbonyl (C=O) groups is 2. The molecule has 6 nitrogen and oxygen atoms in total. The van der Waals surface area contributed by atoms with Crippen molar-refractivity contribution in [3.8, 4) is 0 Å². The smallest absolute Gasteiger partial charge is 0.244 e. The summed E-state index contributed by atoms with van der Waals surface area (Å²) in [7, 11) is 0. The van der Waals surface area contributed by atoms with Gasteiger partial charge < -0.3 is 10.1 Å². The molecule has 0 aromatic heterocycles. The number of benzene rings is 1. The van der Waals surface area contributed by atoms with E-state index in [1.807, 2.05) is 31.2 Å². The van der Waals surface area contributed by atoms with Crippen LogP contribution < -0.4 is 10.2 Å². The topological polar surface area (TPSA) is 61.9 Å². The van der Waals surface area contributed by atoms with Crippen LogP contribution in [0, 0.1) is 5.41 Å². The second kappa shape index (κ2) is 7.00. The Kier molecular flexibility index (Phi) is 4.71. The van der Waals surface area contributed by atoms with Gasteiger partial charge in [-0.3, -0.25) is 19.4 Å². The van der Waals surface area contributed by atoms with Gasteiger partial charge in [-0.25, -0.2) is 0 Å². The lowest BCUT2D eigenvalue weighted by Gasteiger charge is -2.47. The number of anilines is 2. The molecule has 0 radical (unpaired) electrons. The lowest BCUT2D eigenvalue weighted by molar-refractivity contribution is -0.127. The summed E-state index contributed by atoms with van der Waals surface area (Å²) in [5.74, 6) is -0.125. The van der Waals surface area contributed by atoms with Gasteiger partial charge in [0.2, 0.25) is 11.8 Å². The zero-order chi connectivity index (χ0) is 18.1. The Morgan fingerprint density at radius 3 is 2.81 bits per heavy atom. The van der Waals surface area contributed by atoms with Gasteiger partial charge in [-0.15, -0.1) is 0 Å². The molecule has 3 heterocycles. The van der Waals surface area contributed by atoms with Crippen LogP contribution in [0.15, 0.2) is 24.3 Å². The fraction of sp³-hybridized carbons (Fsp3) is 0.600. The van der Waals surface area contributed by atoms with Gasteiger partial charge in [0.1, 0.15) is 6.54 Å². The zero-order valence-electron chi connectivity index (χ0n) is 15.4. The third kappa shape index (κ3) is 3.23. The van der Waals surface area contributed by atoms with Gasteiger partial charge in [0.15, 0.2) is 0 Å². The summed E-state index contributed by atoms with van der Waals surface area (Å²) in [5.41, 5.74) is 1.80. The molecule has 1 N–H and O–H groups in total. The van der Waals surface area contributed by atoms with E-state index in [1.54, 1.807) is 4.90 Å². The molecule has 26 heavy (non-hydrogen) atoms. The Balaban J connectivity index is 1.52. The van der Waals surface area contributed by atoms with E-state index in [-0.39, 0.29) is 24.4 Å². The van der Waals surface area contributed by atoms with Crippen molar-refractivity contribution in [1.82, 2.24) is 4.90 Å². The van der Waals surface area contributed by atoms with Gasteiger partial charge in [0.25, 0.3) is 0 Å². The van der Waals surface area contributed by atoms with Crippen molar-refractivity contribution in [2.24, 2.45) is 5.41 Å². The van der Waals surface area contributed by atoms with Crippen molar-refractivity contribution < 1.29 is 14.3 Å². The normalized spacial score (nSPS) is 24.0. The first-order valence-corrected chi connectivity index (χ1v) is 9.60. The molecule has 1 unspecified atom stereocenters. The Hall–Kier alpha value is -1.92. The predicted octanol–water partition coefficient (Wildman–Crippen LogP) is 2.25. The average Bonchev–Trinajstić information content (AvgIpc) is 2.67. The number of rotatable bonds is 2. The van der Waals surface area contributed by atoms with Crippen LogP contribution in [0.5, 0.6) is 0 Å². The maximum Gasteiger partial charge on any atom is 0.244 e. The average molecular weight is 357 g/mol. The second-order valence-corrected chi connectivity index (χ2v) is 7.85. The Bertz CT molecular complexity index is 694. The molecule has 2 saturated heterocycles. The summed E-state index contributed by atoms with van der Waals surface area (Å²) >= 11 is 0. The summed E-state index contributed by atoms with van der Waals surface area (Å²) in [6.45, 7) is 5.62. The van der Waals surface area contributed by atoms with E-state index in [9.17, 15) is 9.59 Å². The van der Waals surface area contributed by atoms with Crippen LogP contribution in [0.3, 0.4) is 0 Å². The quantitative estimate of drug-likeness (QED) is 0.882. The van der Waals surface area contributed by atoms with Crippen molar-refractivity contribution in [1.29, 1.82) is 0 Å². The molecule has 6 heteroatoms. The number of hydrogen-bond donors (Lipinski definition) is 1. The largest absolute Gasteiger partial charge is 0.381 e. The summed E-state index contributed by atoms with van der Waals surface area (Å²) in [5, 5.41) is 2.85. The highest BCUT2D eigenvalue weighted by atomic mass is 16.5. The number of ether oxygens (including phenoxy) is 1. The van der Waals surface area contributed by atoms with E-state index in [1.165, 1.54) is 6.42 Å². The molecule has 2 fully saturated rings. The molecule has 140 valence electrons. The van der Waals surface area contributed by atoms with E-state index in [4.69, 9.17) is 4.74 Å². The summed E-state index contributed by atoms with van der Waals surface area (Å²) in [4.78, 5) is 29.3. The number of para-hydroxylation sites is 2. The molecule has 3 aliphatic heterocycles. The van der Waals surface area contributed by atoms with Crippen LogP contribution in [0.1, 0.15) is 32.6 Å². The second-order valence-electron chi connectivity index (χ2n) is 7.85. The lowest BCUT2D eigenvalue weighted by atomic mass is 9.73. The number of carbonyl (C=O) groups excluding carboxylic acids is 2. The molecule has 0 saturated carbocycles. The number of piperidine rings is 1. The summed E-state index contributed by atoms with van der Waals surface area (Å²) in [6, 6.07) is 7.29. The highest BCUT2D eigenvalue weighted by Crippen LogP contribution is 2.40. The van der Waals surface area contributed by atoms with Gasteiger partial charge in [-0.2, -0.15) is 0 Å². The highest BCUT2D eigenvalue weighted by Gasteiger charge is 2.40. The van der Waals surface area contributed by atoms with E-state index in [2.05, 4.69) is 10.2 Å². The fourth-order valence-electron chi connectivity index (χ4n) is 4.60. The van der Waals surface area contributed by atoms with Crippen molar-refractivity contribution in [2.75, 3.05) is 43.1 Å². The van der Waals surface area contributed by atoms with Crippen LogP contribution in [-0.4, -0.2) is 55.6 Å². The molecule has 1 spiro atoms. The van der Waals surface area contributed by atoms with Gasteiger partial charge in [-0.05, 0) is 56.7 Å². The SMILES string of the molecule is CC(C(=O)N1CC(=O)Nc2ccccc21)N1CCCC2(CCOCC2)C1. The third-order valence-electron chi connectivity index (χ3n) is 6.19. The molecule has 1 atom stereocenters. The first-order valence-electron chi connectivity index (χ1n) is 9.60. The van der Waals surface area contributed by atoms with Crippen molar-refractivity contribution in [3.05, 3.63) is 24.3 Å². The third-order valence-corrected chi connectivity index (χ3v) is 6.19. The number of nitrogens with zero attached hydrogens (tertiary/aromatic N) is 2. The minimum absolute atomic E-state index is 0.0106. The van der Waals surface area contributed by atoms with Crippen LogP contribution in [0.2, 0.25) is 0 Å². The Labute approximate surface area is 154 Å². The minimum atomic E-state index is -0.228. The summed E-state index contributed by atoms with van der Waals surface area (Å²) < 4.78 is 5.55. The fourth-order valence-corrected chi connectivity index (χ4v) is 4.60. The van der Waals surface area contributed by atoms with Crippen molar-refractivity contribution in [3.63, 3.8) is 0 Å². The van der Waals surface area contributed by atoms with Crippen LogP contribution in [0.4, 0.5) is 11.4 Å². The number of hydrogen-bond acceptors (Lipinski definition) is 4. The number of likely N-dealkylation sites (tertiary alicyclic amines) is 1. The van der Waals surface area contributed by atoms with Crippen LogP contribution in [-0.2, 0) is 14.3 Å². The zero-order valence-corrected chi connectivity index (χ0v) is 15.4. The molecule has 1 aromatic rings. The van der Waals surface area contributed by atoms with Gasteiger partial charge in [-0.1, -0.05) is 12.1 Å². The van der Waals surface area contributed by atoms with Gasteiger partial charge in [0, 0.05) is 19.8 Å². The van der Waals surface area contributed by atoms with Gasteiger partial charge in [0.05, 0.1) is 17.4 Å². The molecule has 0 bridgehead atoms. The van der Waals surface area contributed by atoms with Crippen LogP contribution in [0.25, 0.3) is 0 Å². The lowest BCUT2D eigenvalue weighted by Crippen LogP contribution is -2.55. The number of fused-ring (bicyclic) bond motifs is 1. The minimum Gasteiger partial charge on any atom is -0.381 e. The molecule has 0 aliphatic carbocycles. The van der Waals surface area contributed by atoms with E-state index >= 15 is 0 Å². The molecule has 4 rings (SSSR count). The predicted molar refractivity (Wildman–Crippen MR) is 100 cm³/mol. The maximum atomic E-state index is 13.3. The van der Waals surface area contributed by atoms with E-state index < -0.39 is 0 Å². The Morgan fingerprint density at radius 2 is 2.00 bits per heavy atom. The van der Waals surface area contributed by atoms with Gasteiger partial charge >= 0.3 is 0 Å². The van der Waals surface area contributed by atoms with E-state index in [0.717, 1.165) is 51.3 Å². The first kappa shape index (κ1) is 17.5. The molecule has 1 aromatic carbocycles. The summed E-state index contributed by atoms with van der Waals surface area (Å²) in [6.07, 6.45) is 4.51. The van der Waals surface area contributed by atoms with E-state index in [0.29, 0.717) is 11.1 Å². The Morgan fingerprint density at radius 1 is 1.23 bits per heavy atom. The number of nitrogens with one attached hydrogen (secondary N) is 1. The molecule has 3 aliphatic rings. The molecule has 2 amide bonds. The highest BCUT2D eigenvalue weighted by molar-refractivity contribution is 6.11. The monoisotopic (exact) mass is 357 g/mol. The molecular weight excluding hydrogens is 330 g/mol. The molecular formula is C20H27N3O3. The maximum absolute atomic E-state index is 13.3. The van der Waals surface area contributed by atoms with Crippen LogP contribution >= 0.6 is 0 Å². The standard InChI is InChI=1S/C20H27N3O3/c1-15(22-10-4-7-20(14-22)8-11-26-12-9-20)19(25)23-13-18(24)21-16-5-2-3-6-17(16)23/h2-3,5-6,15H,4,7-14H2,1H3,(H,21,24). The first-order chi connectivity index (χ1) is 12.6. The number of amides is 2. The van der Waals surface area contributed by atoms with Crippen molar-refractivity contribution >= 4 is 23.2 Å².